The fourth-order valence-corrected chi connectivity index (χ4v) is 2.98. The average molecular weight is 301 g/mol. The van der Waals surface area contributed by atoms with Crippen LogP contribution in [0.2, 0.25) is 5.02 Å². The minimum absolute atomic E-state index is 0.702. The van der Waals surface area contributed by atoms with Gasteiger partial charge in [0.1, 0.15) is 5.75 Å². The summed E-state index contributed by atoms with van der Waals surface area (Å²) in [6, 6.07) is 13.7. The second-order valence-electron chi connectivity index (χ2n) is 4.87. The maximum atomic E-state index is 6.39. The van der Waals surface area contributed by atoms with Crippen LogP contribution in [0.25, 0.3) is 22.2 Å². The molecule has 0 aliphatic carbocycles. The van der Waals surface area contributed by atoms with Crippen LogP contribution in [-0.4, -0.2) is 11.7 Å². The van der Waals surface area contributed by atoms with Crippen LogP contribution in [0.15, 0.2) is 42.5 Å². The van der Waals surface area contributed by atoms with Gasteiger partial charge < -0.3 is 15.0 Å². The van der Waals surface area contributed by atoms with Crippen molar-refractivity contribution in [1.82, 2.24) is 4.57 Å². The molecule has 3 nitrogen and oxygen atoms in total. The number of fused-ring (bicyclic) bond motifs is 1. The molecule has 1 heterocycles. The highest BCUT2D eigenvalue weighted by Gasteiger charge is 2.17. The molecule has 0 saturated heterocycles. The zero-order valence-electron chi connectivity index (χ0n) is 12.1. The number of methoxy groups -OCH3 is 1. The Balaban J connectivity index is 2.37. The zero-order chi connectivity index (χ0) is 15.0. The topological polar surface area (TPSA) is 40.2 Å². The van der Waals surface area contributed by atoms with Crippen molar-refractivity contribution in [2.45, 2.75) is 13.5 Å². The molecule has 108 valence electrons. The first-order chi connectivity index (χ1) is 10.2. The van der Waals surface area contributed by atoms with Crippen molar-refractivity contribution < 1.29 is 4.74 Å². The van der Waals surface area contributed by atoms with E-state index in [1.807, 2.05) is 42.5 Å². The molecule has 2 aromatic carbocycles. The normalized spacial score (nSPS) is 11.0. The number of halogens is 1. The first-order valence-electron chi connectivity index (χ1n) is 6.88. The van der Waals surface area contributed by atoms with Crippen molar-refractivity contribution in [3.05, 3.63) is 47.5 Å². The summed E-state index contributed by atoms with van der Waals surface area (Å²) < 4.78 is 7.50. The SMILES string of the molecule is CCn1c(-c2ccccc2Cl)c(N)c2ccc(OC)cc21. The van der Waals surface area contributed by atoms with Gasteiger partial charge in [-0.25, -0.2) is 0 Å². The van der Waals surface area contributed by atoms with Gasteiger partial charge >= 0.3 is 0 Å². The molecule has 3 aromatic rings. The van der Waals surface area contributed by atoms with Gasteiger partial charge in [-0.05, 0) is 25.1 Å². The summed E-state index contributed by atoms with van der Waals surface area (Å²) in [4.78, 5) is 0. The highest BCUT2D eigenvalue weighted by Crippen LogP contribution is 2.40. The minimum Gasteiger partial charge on any atom is -0.497 e. The highest BCUT2D eigenvalue weighted by molar-refractivity contribution is 6.33. The molecule has 2 N–H and O–H groups in total. The first-order valence-corrected chi connectivity index (χ1v) is 7.25. The predicted molar refractivity (Wildman–Crippen MR) is 89.0 cm³/mol. The molecule has 0 unspecified atom stereocenters. The molecule has 0 spiro atoms. The van der Waals surface area contributed by atoms with Gasteiger partial charge in [0.2, 0.25) is 0 Å². The second kappa shape index (κ2) is 5.34. The number of benzene rings is 2. The van der Waals surface area contributed by atoms with Crippen LogP contribution in [0.1, 0.15) is 6.92 Å². The molecule has 0 radical (unpaired) electrons. The van der Waals surface area contributed by atoms with Gasteiger partial charge in [0.25, 0.3) is 0 Å². The summed E-state index contributed by atoms with van der Waals surface area (Å²) in [5.74, 6) is 0.820. The highest BCUT2D eigenvalue weighted by atomic mass is 35.5. The third-order valence-corrected chi connectivity index (χ3v) is 4.09. The molecule has 0 amide bonds. The van der Waals surface area contributed by atoms with Gasteiger partial charge in [0.05, 0.1) is 24.0 Å². The number of hydrogen-bond acceptors (Lipinski definition) is 2. The van der Waals surface area contributed by atoms with E-state index in [-0.39, 0.29) is 0 Å². The summed E-state index contributed by atoms with van der Waals surface area (Å²) in [6.07, 6.45) is 0. The monoisotopic (exact) mass is 300 g/mol. The van der Waals surface area contributed by atoms with Crippen molar-refractivity contribution in [3.63, 3.8) is 0 Å². The Kier molecular flexibility index (Phi) is 3.52. The van der Waals surface area contributed by atoms with Gasteiger partial charge in [0.15, 0.2) is 0 Å². The van der Waals surface area contributed by atoms with E-state index < -0.39 is 0 Å². The maximum Gasteiger partial charge on any atom is 0.120 e. The Labute approximate surface area is 128 Å². The van der Waals surface area contributed by atoms with Crippen molar-refractivity contribution >= 4 is 28.2 Å². The van der Waals surface area contributed by atoms with Crippen LogP contribution in [0.5, 0.6) is 5.75 Å². The van der Waals surface area contributed by atoms with Crippen molar-refractivity contribution in [2.75, 3.05) is 12.8 Å². The Bertz CT molecular complexity index is 808. The number of rotatable bonds is 3. The second-order valence-corrected chi connectivity index (χ2v) is 5.28. The van der Waals surface area contributed by atoms with Crippen molar-refractivity contribution in [3.8, 4) is 17.0 Å². The molecular formula is C17H17ClN2O. The largest absolute Gasteiger partial charge is 0.497 e. The smallest absolute Gasteiger partial charge is 0.120 e. The Morgan fingerprint density at radius 1 is 1.19 bits per heavy atom. The molecule has 4 heteroatoms. The Morgan fingerprint density at radius 3 is 2.62 bits per heavy atom. The predicted octanol–water partition coefficient (Wildman–Crippen LogP) is 4.57. The van der Waals surface area contributed by atoms with E-state index in [0.717, 1.165) is 40.1 Å². The lowest BCUT2D eigenvalue weighted by molar-refractivity contribution is 0.415. The van der Waals surface area contributed by atoms with E-state index in [9.17, 15) is 0 Å². The number of nitrogens with zero attached hydrogens (tertiary/aromatic N) is 1. The van der Waals surface area contributed by atoms with E-state index in [4.69, 9.17) is 22.1 Å². The number of nitrogens with two attached hydrogens (primary N) is 1. The molecule has 21 heavy (non-hydrogen) atoms. The maximum absolute atomic E-state index is 6.39. The standard InChI is InChI=1S/C17H17ClN2O/c1-3-20-15-10-11(21-2)8-9-13(15)16(19)17(20)12-6-4-5-7-14(12)18/h4-10H,3,19H2,1-2H3. The number of hydrogen-bond donors (Lipinski definition) is 1. The average Bonchev–Trinajstić information content (AvgIpc) is 2.79. The van der Waals surface area contributed by atoms with Gasteiger partial charge in [-0.2, -0.15) is 0 Å². The van der Waals surface area contributed by atoms with Gasteiger partial charge in [-0.15, -0.1) is 0 Å². The summed E-state index contributed by atoms with van der Waals surface area (Å²) >= 11 is 6.35. The summed E-state index contributed by atoms with van der Waals surface area (Å²) in [5.41, 5.74) is 10.1. The number of aromatic nitrogens is 1. The molecule has 0 bridgehead atoms. The Morgan fingerprint density at radius 2 is 1.95 bits per heavy atom. The summed E-state index contributed by atoms with van der Waals surface area (Å²) in [7, 11) is 1.67. The first kappa shape index (κ1) is 13.8. The summed E-state index contributed by atoms with van der Waals surface area (Å²) in [6.45, 7) is 2.90. The van der Waals surface area contributed by atoms with Crippen LogP contribution in [-0.2, 0) is 6.54 Å². The van der Waals surface area contributed by atoms with E-state index in [2.05, 4.69) is 11.5 Å². The number of ether oxygens (including phenoxy) is 1. The van der Waals surface area contributed by atoms with Crippen LogP contribution in [0.3, 0.4) is 0 Å². The van der Waals surface area contributed by atoms with Crippen LogP contribution in [0.4, 0.5) is 5.69 Å². The molecule has 0 fully saturated rings. The van der Waals surface area contributed by atoms with E-state index >= 15 is 0 Å². The number of aryl methyl sites for hydroxylation is 1. The molecule has 0 saturated carbocycles. The molecule has 0 aliphatic rings. The van der Waals surface area contributed by atoms with Crippen molar-refractivity contribution in [2.24, 2.45) is 0 Å². The quantitative estimate of drug-likeness (QED) is 0.769. The lowest BCUT2D eigenvalue weighted by atomic mass is 10.1. The number of anilines is 1. The molecule has 0 atom stereocenters. The number of nitrogen functional groups attached to an aromatic ring is 1. The summed E-state index contributed by atoms with van der Waals surface area (Å²) in [5, 5.41) is 1.72. The molecule has 3 rings (SSSR count). The minimum atomic E-state index is 0.702. The van der Waals surface area contributed by atoms with E-state index in [0.29, 0.717) is 5.02 Å². The lowest BCUT2D eigenvalue weighted by Crippen LogP contribution is -1.99. The molecular weight excluding hydrogens is 284 g/mol. The van der Waals surface area contributed by atoms with Gasteiger partial charge in [-0.1, -0.05) is 29.8 Å². The van der Waals surface area contributed by atoms with Crippen LogP contribution >= 0.6 is 11.6 Å². The van der Waals surface area contributed by atoms with E-state index in [1.165, 1.54) is 0 Å². The Hall–Kier alpha value is -2.13. The molecule has 0 aliphatic heterocycles. The third-order valence-electron chi connectivity index (χ3n) is 3.76. The third kappa shape index (κ3) is 2.14. The fraction of sp³-hybridized carbons (Fsp3) is 0.176. The fourth-order valence-electron chi connectivity index (χ4n) is 2.76. The van der Waals surface area contributed by atoms with Gasteiger partial charge in [-0.3, -0.25) is 0 Å². The van der Waals surface area contributed by atoms with Gasteiger partial charge in [0, 0.05) is 28.6 Å². The lowest BCUT2D eigenvalue weighted by Gasteiger charge is -2.10. The van der Waals surface area contributed by atoms with Crippen LogP contribution < -0.4 is 10.5 Å². The zero-order valence-corrected chi connectivity index (χ0v) is 12.8. The van der Waals surface area contributed by atoms with Crippen LogP contribution in [0, 0.1) is 0 Å². The molecule has 1 aromatic heterocycles. The van der Waals surface area contributed by atoms with Crippen molar-refractivity contribution in [1.29, 1.82) is 0 Å². The van der Waals surface area contributed by atoms with E-state index in [1.54, 1.807) is 7.11 Å².